The van der Waals surface area contributed by atoms with Crippen molar-refractivity contribution in [1.29, 1.82) is 0 Å². The zero-order chi connectivity index (χ0) is 24.6. The minimum absolute atomic E-state index is 0.0576. The van der Waals surface area contributed by atoms with Gasteiger partial charge in [-0.2, -0.15) is 13.2 Å². The Labute approximate surface area is 194 Å². The summed E-state index contributed by atoms with van der Waals surface area (Å²) in [5.74, 6) is 1.33. The molecule has 0 aromatic heterocycles. The smallest absolute Gasteiger partial charge is 0.416 e. The fraction of sp³-hybridized carbons (Fsp3) is 0.500. The van der Waals surface area contributed by atoms with E-state index in [2.05, 4.69) is 4.90 Å². The lowest BCUT2D eigenvalue weighted by atomic mass is 9.69. The summed E-state index contributed by atoms with van der Waals surface area (Å²) >= 11 is 0. The van der Waals surface area contributed by atoms with Crippen molar-refractivity contribution in [2.45, 2.75) is 44.7 Å². The molecule has 0 aliphatic heterocycles. The molecule has 0 heterocycles. The molecule has 1 atom stereocenters. The average Bonchev–Trinajstić information content (AvgIpc) is 2.79. The van der Waals surface area contributed by atoms with Crippen LogP contribution in [0.15, 0.2) is 42.5 Å². The minimum Gasteiger partial charge on any atom is -0.497 e. The average molecular weight is 466 g/mol. The van der Waals surface area contributed by atoms with Crippen LogP contribution >= 0.6 is 0 Å². The second-order valence-electron chi connectivity index (χ2n) is 8.77. The van der Waals surface area contributed by atoms with E-state index in [1.54, 1.807) is 26.4 Å². The summed E-state index contributed by atoms with van der Waals surface area (Å²) in [5.41, 5.74) is 0.202. The van der Waals surface area contributed by atoms with Crippen LogP contribution in [0.5, 0.6) is 11.5 Å². The Morgan fingerprint density at radius 2 is 1.61 bits per heavy atom. The molecular weight excluding hydrogens is 431 g/mol. The lowest BCUT2D eigenvalue weighted by molar-refractivity contribution is -0.137. The molecule has 0 aliphatic rings. The molecule has 0 fully saturated rings. The molecule has 2 aromatic rings. The van der Waals surface area contributed by atoms with E-state index >= 15 is 0 Å². The van der Waals surface area contributed by atoms with Gasteiger partial charge in [0, 0.05) is 12.6 Å². The summed E-state index contributed by atoms with van der Waals surface area (Å²) in [6.07, 6.45) is -1.39. The molecule has 0 N–H and O–H groups in total. The summed E-state index contributed by atoms with van der Waals surface area (Å²) in [6.45, 7) is 5.40. The number of methoxy groups -OCH3 is 2. The quantitative estimate of drug-likeness (QED) is 0.373. The number of carbonyl (C=O) groups is 1. The van der Waals surface area contributed by atoms with Crippen molar-refractivity contribution in [2.24, 2.45) is 5.92 Å². The maximum atomic E-state index is 12.9. The van der Waals surface area contributed by atoms with Crippen LogP contribution in [0.3, 0.4) is 0 Å². The summed E-state index contributed by atoms with van der Waals surface area (Å²) in [7, 11) is 5.10. The van der Waals surface area contributed by atoms with Crippen LogP contribution in [-0.2, 0) is 22.8 Å². The number of hydrogen-bond donors (Lipinski definition) is 0. The number of ether oxygens (including phenoxy) is 2. The standard InChI is InChI=1S/C26H34F3NO3/c1-19(2)25(18-31,22-15-23(32-4)17-24(16-22)33-5)11-7-12-30(3)13-10-20-8-6-9-21(14-20)26(27,28)29/h6,8-9,14-19H,7,10-13H2,1-5H3. The summed E-state index contributed by atoms with van der Waals surface area (Å²) < 4.78 is 49.5. The van der Waals surface area contributed by atoms with Gasteiger partial charge in [0.25, 0.3) is 0 Å². The zero-order valence-electron chi connectivity index (χ0n) is 20.0. The van der Waals surface area contributed by atoms with Crippen molar-refractivity contribution in [3.05, 3.63) is 59.2 Å². The molecule has 7 heteroatoms. The van der Waals surface area contributed by atoms with E-state index in [1.165, 1.54) is 12.1 Å². The van der Waals surface area contributed by atoms with Gasteiger partial charge in [0.2, 0.25) is 0 Å². The monoisotopic (exact) mass is 465 g/mol. The third-order valence-electron chi connectivity index (χ3n) is 6.30. The Kier molecular flexibility index (Phi) is 9.35. The van der Waals surface area contributed by atoms with E-state index in [0.29, 0.717) is 36.4 Å². The molecule has 0 radical (unpaired) electrons. The maximum Gasteiger partial charge on any atom is 0.416 e. The molecule has 0 aliphatic carbocycles. The first-order chi connectivity index (χ1) is 15.6. The van der Waals surface area contributed by atoms with Crippen molar-refractivity contribution in [1.82, 2.24) is 4.90 Å². The fourth-order valence-corrected chi connectivity index (χ4v) is 4.08. The van der Waals surface area contributed by atoms with Crippen LogP contribution in [0.1, 0.15) is 43.4 Å². The number of alkyl halides is 3. The highest BCUT2D eigenvalue weighted by Gasteiger charge is 2.36. The van der Waals surface area contributed by atoms with Gasteiger partial charge in [-0.3, -0.25) is 0 Å². The molecular formula is C26H34F3NO3. The van der Waals surface area contributed by atoms with E-state index < -0.39 is 17.2 Å². The number of likely N-dealkylation sites (N-methyl/N-ethyl adjacent to an activating group) is 1. The number of hydrogen-bond acceptors (Lipinski definition) is 4. The number of halogens is 3. The first-order valence-electron chi connectivity index (χ1n) is 11.1. The largest absolute Gasteiger partial charge is 0.497 e. The van der Waals surface area contributed by atoms with Gasteiger partial charge in [-0.05, 0) is 68.1 Å². The molecule has 2 aromatic carbocycles. The topological polar surface area (TPSA) is 38.8 Å². The van der Waals surface area contributed by atoms with E-state index in [0.717, 1.165) is 30.9 Å². The fourth-order valence-electron chi connectivity index (χ4n) is 4.08. The predicted molar refractivity (Wildman–Crippen MR) is 124 cm³/mol. The summed E-state index contributed by atoms with van der Waals surface area (Å²) in [6, 6.07) is 11.0. The Bertz CT molecular complexity index is 892. The molecule has 0 saturated heterocycles. The molecule has 182 valence electrons. The second-order valence-corrected chi connectivity index (χ2v) is 8.77. The van der Waals surface area contributed by atoms with Gasteiger partial charge in [0.15, 0.2) is 0 Å². The van der Waals surface area contributed by atoms with Gasteiger partial charge >= 0.3 is 6.18 Å². The SMILES string of the molecule is COc1cc(OC)cc(C(C=O)(CCCN(C)CCc2cccc(C(F)(F)F)c2)C(C)C)c1. The highest BCUT2D eigenvalue weighted by atomic mass is 19.4. The van der Waals surface area contributed by atoms with Crippen molar-refractivity contribution in [2.75, 3.05) is 34.4 Å². The second kappa shape index (κ2) is 11.5. The maximum absolute atomic E-state index is 12.9. The molecule has 4 nitrogen and oxygen atoms in total. The van der Waals surface area contributed by atoms with Crippen LogP contribution in [0.2, 0.25) is 0 Å². The van der Waals surface area contributed by atoms with Crippen LogP contribution in [0.4, 0.5) is 13.2 Å². The Balaban J connectivity index is 2.04. The van der Waals surface area contributed by atoms with Gasteiger partial charge in [-0.25, -0.2) is 0 Å². The molecule has 2 rings (SSSR count). The number of rotatable bonds is 12. The molecule has 1 unspecified atom stereocenters. The minimum atomic E-state index is -4.33. The van der Waals surface area contributed by atoms with E-state index in [4.69, 9.17) is 9.47 Å². The molecule has 0 bridgehead atoms. The lowest BCUT2D eigenvalue weighted by Crippen LogP contribution is -2.35. The number of nitrogens with zero attached hydrogens (tertiary/aromatic N) is 1. The molecule has 0 spiro atoms. The van der Waals surface area contributed by atoms with Crippen molar-refractivity contribution in [3.8, 4) is 11.5 Å². The van der Waals surface area contributed by atoms with Crippen molar-refractivity contribution in [3.63, 3.8) is 0 Å². The molecule has 0 amide bonds. The molecule has 33 heavy (non-hydrogen) atoms. The number of carbonyl (C=O) groups excluding carboxylic acids is 1. The Morgan fingerprint density at radius 3 is 2.12 bits per heavy atom. The molecule has 0 saturated carbocycles. The van der Waals surface area contributed by atoms with Crippen LogP contribution in [-0.4, -0.2) is 45.5 Å². The van der Waals surface area contributed by atoms with E-state index in [1.807, 2.05) is 33.0 Å². The van der Waals surface area contributed by atoms with Gasteiger partial charge in [-0.1, -0.05) is 32.0 Å². The highest BCUT2D eigenvalue weighted by Crippen LogP contribution is 2.39. The van der Waals surface area contributed by atoms with E-state index in [9.17, 15) is 18.0 Å². The number of benzene rings is 2. The lowest BCUT2D eigenvalue weighted by Gasteiger charge is -2.34. The van der Waals surface area contributed by atoms with Gasteiger partial charge in [-0.15, -0.1) is 0 Å². The van der Waals surface area contributed by atoms with Crippen LogP contribution in [0.25, 0.3) is 0 Å². The summed E-state index contributed by atoms with van der Waals surface area (Å²) in [4.78, 5) is 14.5. The first kappa shape index (κ1) is 26.7. The predicted octanol–water partition coefficient (Wildman–Crippen LogP) is 5.77. The number of aldehydes is 1. The van der Waals surface area contributed by atoms with Crippen molar-refractivity contribution >= 4 is 6.29 Å². The first-order valence-corrected chi connectivity index (χ1v) is 11.1. The van der Waals surface area contributed by atoms with Gasteiger partial charge in [0.05, 0.1) is 25.2 Å². The Morgan fingerprint density at radius 1 is 0.970 bits per heavy atom. The van der Waals surface area contributed by atoms with Crippen LogP contribution < -0.4 is 9.47 Å². The highest BCUT2D eigenvalue weighted by molar-refractivity contribution is 5.70. The Hall–Kier alpha value is -2.54. The normalized spacial score (nSPS) is 13.8. The van der Waals surface area contributed by atoms with E-state index in [-0.39, 0.29) is 5.92 Å². The zero-order valence-corrected chi connectivity index (χ0v) is 20.0. The van der Waals surface area contributed by atoms with Crippen LogP contribution in [0, 0.1) is 5.92 Å². The summed E-state index contributed by atoms with van der Waals surface area (Å²) in [5, 5.41) is 0. The third-order valence-corrected chi connectivity index (χ3v) is 6.30. The van der Waals surface area contributed by atoms with Crippen molar-refractivity contribution < 1.29 is 27.4 Å². The third kappa shape index (κ3) is 6.97. The van der Waals surface area contributed by atoms with Gasteiger partial charge < -0.3 is 19.2 Å². The van der Waals surface area contributed by atoms with Gasteiger partial charge in [0.1, 0.15) is 17.8 Å².